The molecule has 0 bridgehead atoms. The summed E-state index contributed by atoms with van der Waals surface area (Å²) in [6.07, 6.45) is 2.00. The van der Waals surface area contributed by atoms with Crippen molar-refractivity contribution in [2.24, 2.45) is 0 Å². The molecule has 100 valence electrons. The molecule has 1 atom stereocenters. The minimum absolute atomic E-state index is 0.160. The van der Waals surface area contributed by atoms with E-state index in [1.165, 1.54) is 18.4 Å². The van der Waals surface area contributed by atoms with Crippen LogP contribution in [0.2, 0.25) is 5.15 Å². The molecular formula is C11H15ClN2O3S. The summed E-state index contributed by atoms with van der Waals surface area (Å²) >= 11 is 7.11. The Hall–Kier alpha value is -0.850. The molecule has 2 heterocycles. The number of carbonyl (C=O) groups is 1. The van der Waals surface area contributed by atoms with E-state index in [4.69, 9.17) is 16.3 Å². The van der Waals surface area contributed by atoms with Crippen LogP contribution in [-0.2, 0) is 9.47 Å². The van der Waals surface area contributed by atoms with Gasteiger partial charge in [0.05, 0.1) is 19.3 Å². The molecule has 1 saturated heterocycles. The van der Waals surface area contributed by atoms with Gasteiger partial charge in [-0.15, -0.1) is 0 Å². The van der Waals surface area contributed by atoms with Crippen molar-refractivity contribution < 1.29 is 14.3 Å². The second-order valence-corrected chi connectivity index (χ2v) is 5.83. The third-order valence-corrected chi connectivity index (χ3v) is 4.14. The lowest BCUT2D eigenvalue weighted by atomic mass is 9.95. The van der Waals surface area contributed by atoms with Crippen LogP contribution in [0.15, 0.2) is 0 Å². The highest BCUT2D eigenvalue weighted by atomic mass is 35.5. The van der Waals surface area contributed by atoms with Crippen LogP contribution in [0.1, 0.15) is 29.4 Å². The van der Waals surface area contributed by atoms with Gasteiger partial charge in [-0.05, 0) is 19.8 Å². The lowest BCUT2D eigenvalue weighted by Crippen LogP contribution is -2.42. The monoisotopic (exact) mass is 290 g/mol. The number of thiazole rings is 1. The molecule has 0 radical (unpaired) electrons. The number of nitrogens with one attached hydrogen (secondary N) is 1. The molecule has 18 heavy (non-hydrogen) atoms. The molecule has 0 spiro atoms. The van der Waals surface area contributed by atoms with E-state index in [1.807, 2.05) is 0 Å². The number of ether oxygens (including phenoxy) is 2. The lowest BCUT2D eigenvalue weighted by molar-refractivity contribution is 0.0540. The molecule has 1 aromatic heterocycles. The molecule has 1 aromatic rings. The summed E-state index contributed by atoms with van der Waals surface area (Å²) in [4.78, 5) is 15.9. The zero-order valence-corrected chi connectivity index (χ0v) is 11.9. The van der Waals surface area contributed by atoms with Crippen LogP contribution in [-0.4, -0.2) is 36.8 Å². The Morgan fingerprint density at radius 3 is 3.06 bits per heavy atom. The first-order valence-electron chi connectivity index (χ1n) is 5.65. The number of hydrogen-bond acceptors (Lipinski definition) is 6. The molecule has 1 fully saturated rings. The summed E-state index contributed by atoms with van der Waals surface area (Å²) in [7, 11) is 1.32. The van der Waals surface area contributed by atoms with E-state index in [2.05, 4.69) is 22.0 Å². The molecule has 5 nitrogen and oxygen atoms in total. The Labute approximate surface area is 114 Å². The van der Waals surface area contributed by atoms with Crippen molar-refractivity contribution in [2.75, 3.05) is 25.6 Å². The van der Waals surface area contributed by atoms with Crippen molar-refractivity contribution in [3.63, 3.8) is 0 Å². The number of aromatic nitrogens is 1. The van der Waals surface area contributed by atoms with Gasteiger partial charge in [0, 0.05) is 6.61 Å². The van der Waals surface area contributed by atoms with Gasteiger partial charge < -0.3 is 14.8 Å². The molecule has 1 unspecified atom stereocenters. The second kappa shape index (κ2) is 5.42. The van der Waals surface area contributed by atoms with E-state index < -0.39 is 5.97 Å². The highest BCUT2D eigenvalue weighted by Crippen LogP contribution is 2.31. The molecule has 0 saturated carbocycles. The van der Waals surface area contributed by atoms with Crippen molar-refractivity contribution in [3.05, 3.63) is 10.0 Å². The third-order valence-electron chi connectivity index (χ3n) is 2.80. The maximum absolute atomic E-state index is 11.4. The van der Waals surface area contributed by atoms with Crippen molar-refractivity contribution >= 4 is 34.0 Å². The van der Waals surface area contributed by atoms with E-state index in [0.717, 1.165) is 19.4 Å². The first kappa shape index (κ1) is 13.6. The Kier molecular flexibility index (Phi) is 4.09. The number of anilines is 1. The number of nitrogens with zero attached hydrogens (tertiary/aromatic N) is 1. The fourth-order valence-electron chi connectivity index (χ4n) is 1.86. The first-order valence-corrected chi connectivity index (χ1v) is 6.84. The van der Waals surface area contributed by atoms with Crippen LogP contribution in [0.5, 0.6) is 0 Å². The van der Waals surface area contributed by atoms with Crippen molar-refractivity contribution in [2.45, 2.75) is 25.3 Å². The summed E-state index contributed by atoms with van der Waals surface area (Å²) in [5.74, 6) is -0.462. The topological polar surface area (TPSA) is 60.5 Å². The molecule has 0 aliphatic carbocycles. The van der Waals surface area contributed by atoms with Gasteiger partial charge in [-0.1, -0.05) is 22.9 Å². The number of hydrogen-bond donors (Lipinski definition) is 1. The Morgan fingerprint density at radius 1 is 1.67 bits per heavy atom. The molecule has 1 N–H and O–H groups in total. The SMILES string of the molecule is COC(=O)c1sc(NC2(C)CCCOC2)nc1Cl. The minimum atomic E-state index is -0.462. The average Bonchev–Trinajstić information content (AvgIpc) is 2.69. The number of rotatable bonds is 3. The molecule has 1 aliphatic rings. The van der Waals surface area contributed by atoms with Gasteiger partial charge in [0.1, 0.15) is 0 Å². The number of methoxy groups -OCH3 is 1. The van der Waals surface area contributed by atoms with E-state index in [1.54, 1.807) is 0 Å². The molecule has 0 amide bonds. The van der Waals surface area contributed by atoms with Crippen LogP contribution in [0.3, 0.4) is 0 Å². The Morgan fingerprint density at radius 2 is 2.44 bits per heavy atom. The van der Waals surface area contributed by atoms with Crippen molar-refractivity contribution in [3.8, 4) is 0 Å². The van der Waals surface area contributed by atoms with Crippen LogP contribution in [0.25, 0.3) is 0 Å². The van der Waals surface area contributed by atoms with Gasteiger partial charge in [-0.3, -0.25) is 0 Å². The van der Waals surface area contributed by atoms with Crippen molar-refractivity contribution in [1.29, 1.82) is 0 Å². The molecular weight excluding hydrogens is 276 g/mol. The summed E-state index contributed by atoms with van der Waals surface area (Å²) in [5.41, 5.74) is -0.160. The normalized spacial score (nSPS) is 23.7. The van der Waals surface area contributed by atoms with Gasteiger partial charge in [0.25, 0.3) is 0 Å². The van der Waals surface area contributed by atoms with Gasteiger partial charge in [-0.25, -0.2) is 9.78 Å². The summed E-state index contributed by atoms with van der Waals surface area (Å²) < 4.78 is 10.1. The summed E-state index contributed by atoms with van der Waals surface area (Å²) in [6, 6.07) is 0. The largest absolute Gasteiger partial charge is 0.465 e. The van der Waals surface area contributed by atoms with E-state index in [0.29, 0.717) is 16.6 Å². The standard InChI is InChI=1S/C11H15ClN2O3S/c1-11(4-3-5-17-6-11)14-10-13-8(12)7(18-10)9(15)16-2/h3-6H2,1-2H3,(H,13,14). The van der Waals surface area contributed by atoms with Crippen LogP contribution >= 0.6 is 22.9 Å². The highest BCUT2D eigenvalue weighted by Gasteiger charge is 2.29. The quantitative estimate of drug-likeness (QED) is 0.867. The minimum Gasteiger partial charge on any atom is -0.465 e. The zero-order valence-electron chi connectivity index (χ0n) is 10.3. The number of esters is 1. The van der Waals surface area contributed by atoms with E-state index in [9.17, 15) is 4.79 Å². The number of halogens is 1. The van der Waals surface area contributed by atoms with Gasteiger partial charge in [0.2, 0.25) is 0 Å². The van der Waals surface area contributed by atoms with E-state index >= 15 is 0 Å². The van der Waals surface area contributed by atoms with Crippen LogP contribution in [0.4, 0.5) is 5.13 Å². The second-order valence-electron chi connectivity index (χ2n) is 4.47. The smallest absolute Gasteiger partial charge is 0.351 e. The third kappa shape index (κ3) is 2.93. The zero-order chi connectivity index (χ0) is 13.2. The first-order chi connectivity index (χ1) is 8.54. The summed E-state index contributed by atoms with van der Waals surface area (Å²) in [5, 5.41) is 4.08. The fraction of sp³-hybridized carbons (Fsp3) is 0.636. The Bertz CT molecular complexity index is 443. The van der Waals surface area contributed by atoms with Gasteiger partial charge >= 0.3 is 5.97 Å². The predicted molar refractivity (Wildman–Crippen MR) is 70.5 cm³/mol. The number of carbonyl (C=O) groups excluding carboxylic acids is 1. The fourth-order valence-corrected chi connectivity index (χ4v) is 3.12. The maximum atomic E-state index is 11.4. The molecule has 7 heteroatoms. The van der Waals surface area contributed by atoms with Crippen LogP contribution in [0, 0.1) is 0 Å². The van der Waals surface area contributed by atoms with E-state index in [-0.39, 0.29) is 10.7 Å². The average molecular weight is 291 g/mol. The Balaban J connectivity index is 2.12. The van der Waals surface area contributed by atoms with Gasteiger partial charge in [-0.2, -0.15) is 0 Å². The van der Waals surface area contributed by atoms with Crippen molar-refractivity contribution in [1.82, 2.24) is 4.98 Å². The highest BCUT2D eigenvalue weighted by molar-refractivity contribution is 7.18. The predicted octanol–water partition coefficient (Wildman–Crippen LogP) is 2.56. The van der Waals surface area contributed by atoms with Crippen LogP contribution < -0.4 is 5.32 Å². The molecule has 0 aromatic carbocycles. The lowest BCUT2D eigenvalue weighted by Gasteiger charge is -2.34. The molecule has 1 aliphatic heterocycles. The molecule has 2 rings (SSSR count). The summed E-state index contributed by atoms with van der Waals surface area (Å²) in [6.45, 7) is 3.49. The van der Waals surface area contributed by atoms with Gasteiger partial charge in [0.15, 0.2) is 15.2 Å². The maximum Gasteiger partial charge on any atom is 0.351 e.